The summed E-state index contributed by atoms with van der Waals surface area (Å²) in [5.41, 5.74) is 2.31. The second-order valence-corrected chi connectivity index (χ2v) is 7.42. The molecule has 0 aromatic carbocycles. The number of allylic oxidation sites excluding steroid dienone is 2. The molecular formula is C20H24N4O2. The van der Waals surface area contributed by atoms with Crippen molar-refractivity contribution < 1.29 is 9.32 Å². The maximum atomic E-state index is 12.5. The molecule has 2 aromatic heterocycles. The highest BCUT2D eigenvalue weighted by Crippen LogP contribution is 2.35. The Hall–Kier alpha value is -2.50. The van der Waals surface area contributed by atoms with Crippen molar-refractivity contribution in [2.45, 2.75) is 39.0 Å². The van der Waals surface area contributed by atoms with Crippen LogP contribution in [-0.2, 0) is 11.2 Å². The second kappa shape index (κ2) is 7.40. The van der Waals surface area contributed by atoms with Crippen molar-refractivity contribution in [2.24, 2.45) is 11.8 Å². The molecule has 1 aliphatic carbocycles. The smallest absolute Gasteiger partial charge is 0.226 e. The molecule has 2 aromatic rings. The molecule has 0 spiro atoms. The molecule has 0 unspecified atom stereocenters. The van der Waals surface area contributed by atoms with E-state index in [9.17, 15) is 4.79 Å². The van der Waals surface area contributed by atoms with Gasteiger partial charge in [0.05, 0.1) is 0 Å². The van der Waals surface area contributed by atoms with Gasteiger partial charge in [-0.05, 0) is 50.2 Å². The van der Waals surface area contributed by atoms with Gasteiger partial charge in [0.25, 0.3) is 0 Å². The van der Waals surface area contributed by atoms with Crippen LogP contribution in [0.2, 0.25) is 0 Å². The standard InChI is InChI=1S/C20H24N4O2/c1-14-7-8-16-12-24(13-17(16)10-14)19(25)6-2-5-18-22-20(23-26-18)15-4-3-9-21-11-15/h3-4,7,9,11,16-17H,2,5-6,8,10,12-13H2,1H3/t16-,17+/m1/s1. The lowest BCUT2D eigenvalue weighted by Gasteiger charge is -2.21. The molecule has 1 saturated heterocycles. The molecule has 0 N–H and O–H groups in total. The number of nitrogens with zero attached hydrogens (tertiary/aromatic N) is 4. The Morgan fingerprint density at radius 1 is 1.35 bits per heavy atom. The number of aryl methyl sites for hydroxylation is 1. The molecule has 4 rings (SSSR count). The van der Waals surface area contributed by atoms with Crippen molar-refractivity contribution in [3.63, 3.8) is 0 Å². The highest BCUT2D eigenvalue weighted by molar-refractivity contribution is 5.76. The maximum absolute atomic E-state index is 12.5. The fraction of sp³-hybridized carbons (Fsp3) is 0.500. The number of carbonyl (C=O) groups excluding carboxylic acids is 1. The van der Waals surface area contributed by atoms with E-state index in [2.05, 4.69) is 33.0 Å². The van der Waals surface area contributed by atoms with Crippen molar-refractivity contribution in [3.8, 4) is 11.4 Å². The first-order valence-corrected chi connectivity index (χ1v) is 9.35. The number of carbonyl (C=O) groups is 1. The first-order valence-electron chi connectivity index (χ1n) is 9.35. The van der Waals surface area contributed by atoms with Crippen LogP contribution in [0.3, 0.4) is 0 Å². The lowest BCUT2D eigenvalue weighted by molar-refractivity contribution is -0.130. The van der Waals surface area contributed by atoms with Gasteiger partial charge in [-0.3, -0.25) is 9.78 Å². The summed E-state index contributed by atoms with van der Waals surface area (Å²) in [5.74, 6) is 2.68. The van der Waals surface area contributed by atoms with E-state index in [1.54, 1.807) is 12.4 Å². The van der Waals surface area contributed by atoms with Gasteiger partial charge in [-0.25, -0.2) is 0 Å². The summed E-state index contributed by atoms with van der Waals surface area (Å²) in [7, 11) is 0. The van der Waals surface area contributed by atoms with Crippen LogP contribution in [0.1, 0.15) is 38.5 Å². The van der Waals surface area contributed by atoms with E-state index in [0.29, 0.717) is 36.4 Å². The summed E-state index contributed by atoms with van der Waals surface area (Å²) in [6.07, 6.45) is 9.93. The van der Waals surface area contributed by atoms with Crippen molar-refractivity contribution >= 4 is 5.91 Å². The van der Waals surface area contributed by atoms with E-state index in [-0.39, 0.29) is 5.91 Å². The van der Waals surface area contributed by atoms with E-state index >= 15 is 0 Å². The van der Waals surface area contributed by atoms with Gasteiger partial charge in [0, 0.05) is 43.9 Å². The second-order valence-electron chi connectivity index (χ2n) is 7.42. The molecule has 6 nitrogen and oxygen atoms in total. The largest absolute Gasteiger partial charge is 0.342 e. The summed E-state index contributed by atoms with van der Waals surface area (Å²) in [4.78, 5) is 23.0. The van der Waals surface area contributed by atoms with Crippen LogP contribution < -0.4 is 0 Å². The molecule has 6 heteroatoms. The van der Waals surface area contributed by atoms with Crippen LogP contribution in [-0.4, -0.2) is 39.0 Å². The Kier molecular flexibility index (Phi) is 4.82. The molecule has 2 aliphatic rings. The molecule has 0 radical (unpaired) electrons. The van der Waals surface area contributed by atoms with Gasteiger partial charge in [0.1, 0.15) is 0 Å². The Morgan fingerprint density at radius 3 is 3.08 bits per heavy atom. The number of hydrogen-bond donors (Lipinski definition) is 0. The number of pyridine rings is 1. The Bertz CT molecular complexity index is 799. The number of fused-ring (bicyclic) bond motifs is 1. The highest BCUT2D eigenvalue weighted by atomic mass is 16.5. The van der Waals surface area contributed by atoms with Crippen LogP contribution in [0.5, 0.6) is 0 Å². The average molecular weight is 352 g/mol. The predicted octanol–water partition coefficient (Wildman–Crippen LogP) is 3.27. The van der Waals surface area contributed by atoms with E-state index in [4.69, 9.17) is 4.52 Å². The summed E-state index contributed by atoms with van der Waals surface area (Å²) in [6.45, 7) is 4.03. The first kappa shape index (κ1) is 16.9. The fourth-order valence-electron chi connectivity index (χ4n) is 4.01. The molecular weight excluding hydrogens is 328 g/mol. The van der Waals surface area contributed by atoms with Gasteiger partial charge < -0.3 is 9.42 Å². The zero-order chi connectivity index (χ0) is 17.9. The van der Waals surface area contributed by atoms with E-state index in [1.165, 1.54) is 5.57 Å². The first-order chi connectivity index (χ1) is 12.7. The normalized spacial score (nSPS) is 22.2. The lowest BCUT2D eigenvalue weighted by Crippen LogP contribution is -2.28. The molecule has 1 aliphatic heterocycles. The van der Waals surface area contributed by atoms with Gasteiger partial charge in [0.2, 0.25) is 17.6 Å². The molecule has 2 atom stereocenters. The molecule has 3 heterocycles. The zero-order valence-electron chi connectivity index (χ0n) is 15.1. The van der Waals surface area contributed by atoms with Gasteiger partial charge in [-0.15, -0.1) is 0 Å². The summed E-state index contributed by atoms with van der Waals surface area (Å²) >= 11 is 0. The van der Waals surface area contributed by atoms with Crippen LogP contribution in [0.15, 0.2) is 40.7 Å². The minimum Gasteiger partial charge on any atom is -0.342 e. The van der Waals surface area contributed by atoms with E-state index in [0.717, 1.165) is 37.9 Å². The van der Waals surface area contributed by atoms with Crippen molar-refractivity contribution in [3.05, 3.63) is 42.1 Å². The van der Waals surface area contributed by atoms with Crippen molar-refractivity contribution in [1.29, 1.82) is 0 Å². The summed E-state index contributed by atoms with van der Waals surface area (Å²) < 4.78 is 5.29. The third kappa shape index (κ3) is 3.69. The van der Waals surface area contributed by atoms with Gasteiger partial charge in [0.15, 0.2) is 0 Å². The SMILES string of the molecule is CC1=CC[C@@H]2CN(C(=O)CCCc3nc(-c4cccnc4)no3)C[C@@H]2C1. The maximum Gasteiger partial charge on any atom is 0.226 e. The summed E-state index contributed by atoms with van der Waals surface area (Å²) in [6, 6.07) is 3.74. The Labute approximate surface area is 153 Å². The monoisotopic (exact) mass is 352 g/mol. The van der Waals surface area contributed by atoms with Crippen molar-refractivity contribution in [1.82, 2.24) is 20.0 Å². The number of likely N-dealkylation sites (tertiary alicyclic amines) is 1. The fourth-order valence-corrected chi connectivity index (χ4v) is 4.01. The topological polar surface area (TPSA) is 72.1 Å². The van der Waals surface area contributed by atoms with Crippen molar-refractivity contribution in [2.75, 3.05) is 13.1 Å². The average Bonchev–Trinajstić information content (AvgIpc) is 3.29. The molecule has 136 valence electrons. The number of rotatable bonds is 5. The molecule has 26 heavy (non-hydrogen) atoms. The minimum atomic E-state index is 0.254. The summed E-state index contributed by atoms with van der Waals surface area (Å²) in [5, 5.41) is 3.99. The van der Waals surface area contributed by atoms with Gasteiger partial charge >= 0.3 is 0 Å². The van der Waals surface area contributed by atoms with E-state index < -0.39 is 0 Å². The molecule has 1 fully saturated rings. The Balaban J connectivity index is 1.25. The number of amides is 1. The predicted molar refractivity (Wildman–Crippen MR) is 97.0 cm³/mol. The number of hydrogen-bond acceptors (Lipinski definition) is 5. The highest BCUT2D eigenvalue weighted by Gasteiger charge is 2.35. The van der Waals surface area contributed by atoms with Gasteiger partial charge in [-0.1, -0.05) is 16.8 Å². The molecule has 1 amide bonds. The third-order valence-electron chi connectivity index (χ3n) is 5.45. The third-order valence-corrected chi connectivity index (χ3v) is 5.45. The zero-order valence-corrected chi connectivity index (χ0v) is 15.1. The van der Waals surface area contributed by atoms with Crippen LogP contribution in [0.4, 0.5) is 0 Å². The van der Waals surface area contributed by atoms with Crippen LogP contribution in [0.25, 0.3) is 11.4 Å². The van der Waals surface area contributed by atoms with Crippen LogP contribution in [0, 0.1) is 11.8 Å². The van der Waals surface area contributed by atoms with E-state index in [1.807, 2.05) is 12.1 Å². The quantitative estimate of drug-likeness (QED) is 0.772. The minimum absolute atomic E-state index is 0.254. The van der Waals surface area contributed by atoms with Crippen LogP contribution >= 0.6 is 0 Å². The van der Waals surface area contributed by atoms with Gasteiger partial charge in [-0.2, -0.15) is 4.98 Å². The molecule has 0 saturated carbocycles. The Morgan fingerprint density at radius 2 is 2.23 bits per heavy atom. The lowest BCUT2D eigenvalue weighted by atomic mass is 9.83. The molecule has 0 bridgehead atoms. The number of aromatic nitrogens is 3.